The van der Waals surface area contributed by atoms with Crippen LogP contribution in [-0.4, -0.2) is 4.98 Å². The lowest BCUT2D eigenvalue weighted by atomic mass is 10.1. The van der Waals surface area contributed by atoms with Crippen molar-refractivity contribution in [1.82, 2.24) is 4.98 Å². The Bertz CT molecular complexity index is 1360. The molecule has 136 valence electrons. The van der Waals surface area contributed by atoms with E-state index < -0.39 is 0 Å². The van der Waals surface area contributed by atoms with Crippen molar-refractivity contribution in [3.63, 3.8) is 0 Å². The molecular weight excluding hydrogens is 388 g/mol. The van der Waals surface area contributed by atoms with Gasteiger partial charge in [0.25, 0.3) is 0 Å². The van der Waals surface area contributed by atoms with Gasteiger partial charge in [0.2, 0.25) is 0 Å². The Balaban J connectivity index is 1.54. The van der Waals surface area contributed by atoms with Crippen LogP contribution in [-0.2, 0) is 0 Å². The lowest BCUT2D eigenvalue weighted by molar-refractivity contribution is 0.619. The molecule has 0 fully saturated rings. The van der Waals surface area contributed by atoms with Crippen molar-refractivity contribution in [2.45, 2.75) is 9.79 Å². The fraction of sp³-hybridized carbons (Fsp3) is 0. The molecule has 2 N–H and O–H groups in total. The number of fused-ring (bicyclic) bond motifs is 3. The highest BCUT2D eigenvalue weighted by Crippen LogP contribution is 2.33. The highest BCUT2D eigenvalue weighted by molar-refractivity contribution is 7.99. The summed E-state index contributed by atoms with van der Waals surface area (Å²) in [5, 5.41) is 0.976. The first-order valence-corrected chi connectivity index (χ1v) is 10.3. The zero-order chi connectivity index (χ0) is 19.1. The van der Waals surface area contributed by atoms with Gasteiger partial charge in [-0.2, -0.15) is 0 Å². The summed E-state index contributed by atoms with van der Waals surface area (Å²) >= 11 is 3.00. The maximum Gasteiger partial charge on any atom is 0.194 e. The normalized spacial score (nSPS) is 11.3. The third kappa shape index (κ3) is 3.06. The van der Waals surface area contributed by atoms with Gasteiger partial charge in [-0.1, -0.05) is 53.4 Å². The van der Waals surface area contributed by atoms with Gasteiger partial charge in [-0.25, -0.2) is 4.98 Å². The summed E-state index contributed by atoms with van der Waals surface area (Å²) in [6, 6.07) is 23.4. The second kappa shape index (κ2) is 6.82. The van der Waals surface area contributed by atoms with E-state index in [4.69, 9.17) is 10.2 Å². The van der Waals surface area contributed by atoms with Gasteiger partial charge in [-0.05, 0) is 36.4 Å². The molecule has 0 unspecified atom stereocenters. The van der Waals surface area contributed by atoms with Gasteiger partial charge in [0, 0.05) is 21.4 Å². The molecule has 5 rings (SSSR count). The number of nitrogens with two attached hydrogens (primary N) is 1. The fourth-order valence-corrected chi connectivity index (χ4v) is 4.81. The maximum absolute atomic E-state index is 12.8. The molecule has 4 nitrogen and oxygen atoms in total. The molecular formula is C22H14N2O2S2. The second-order valence-corrected chi connectivity index (χ2v) is 8.43. The zero-order valence-corrected chi connectivity index (χ0v) is 16.2. The topological polar surface area (TPSA) is 69.1 Å². The Morgan fingerprint density at radius 1 is 0.929 bits per heavy atom. The number of hydrogen-bond donors (Lipinski definition) is 1. The number of nitrogen functional groups attached to an aromatic ring is 1. The smallest absolute Gasteiger partial charge is 0.194 e. The van der Waals surface area contributed by atoms with Crippen LogP contribution in [0.25, 0.3) is 32.5 Å². The monoisotopic (exact) mass is 402 g/mol. The number of hydrogen-bond acceptors (Lipinski definition) is 6. The summed E-state index contributed by atoms with van der Waals surface area (Å²) in [5.74, 6) is 0.547. The molecule has 0 aliphatic heterocycles. The van der Waals surface area contributed by atoms with E-state index in [1.165, 1.54) is 22.3 Å². The molecule has 6 heteroatoms. The van der Waals surface area contributed by atoms with Crippen LogP contribution in [0.1, 0.15) is 0 Å². The molecule has 0 amide bonds. The van der Waals surface area contributed by atoms with Gasteiger partial charge in [-0.3, -0.25) is 4.79 Å². The molecule has 3 aromatic carbocycles. The number of anilines is 1. The SMILES string of the molecule is Nc1nc2ccc3oc(-c4ccc(Sc5ccccc5)cc4)cc(=O)c3c2s1. The molecule has 0 atom stereocenters. The van der Waals surface area contributed by atoms with Crippen LogP contribution in [0.3, 0.4) is 0 Å². The summed E-state index contributed by atoms with van der Waals surface area (Å²) in [6.07, 6.45) is 0. The highest BCUT2D eigenvalue weighted by Gasteiger charge is 2.13. The summed E-state index contributed by atoms with van der Waals surface area (Å²) in [7, 11) is 0. The number of rotatable bonds is 3. The van der Waals surface area contributed by atoms with Gasteiger partial charge in [-0.15, -0.1) is 0 Å². The van der Waals surface area contributed by atoms with Crippen molar-refractivity contribution in [2.24, 2.45) is 0 Å². The maximum atomic E-state index is 12.8. The summed E-state index contributed by atoms with van der Waals surface area (Å²) in [4.78, 5) is 19.3. The molecule has 0 aliphatic rings. The van der Waals surface area contributed by atoms with Gasteiger partial charge in [0.1, 0.15) is 11.3 Å². The van der Waals surface area contributed by atoms with Crippen LogP contribution >= 0.6 is 23.1 Å². The minimum absolute atomic E-state index is 0.0896. The van der Waals surface area contributed by atoms with E-state index in [9.17, 15) is 4.79 Å². The lowest BCUT2D eigenvalue weighted by Crippen LogP contribution is -2.00. The van der Waals surface area contributed by atoms with E-state index in [2.05, 4.69) is 17.1 Å². The van der Waals surface area contributed by atoms with Crippen LogP contribution in [0.2, 0.25) is 0 Å². The molecule has 0 saturated heterocycles. The summed E-state index contributed by atoms with van der Waals surface area (Å²) in [6.45, 7) is 0. The predicted octanol–water partition coefficient (Wildman–Crippen LogP) is 5.80. The third-order valence-corrected chi connectivity index (χ3v) is 6.32. The standard InChI is InChI=1S/C22H14N2O2S2/c23-22-24-16-10-11-18-20(21(16)28-22)17(25)12-19(26-18)13-6-8-15(9-7-13)27-14-4-2-1-3-5-14/h1-12H,(H2,23,24). The van der Waals surface area contributed by atoms with Crippen molar-refractivity contribution >= 4 is 49.4 Å². The molecule has 0 saturated carbocycles. The Labute approximate surface area is 168 Å². The molecule has 0 aliphatic carbocycles. The summed E-state index contributed by atoms with van der Waals surface area (Å²) in [5.41, 5.74) is 7.83. The van der Waals surface area contributed by atoms with E-state index in [-0.39, 0.29) is 5.43 Å². The fourth-order valence-electron chi connectivity index (χ4n) is 3.10. The minimum atomic E-state index is -0.0896. The predicted molar refractivity (Wildman–Crippen MR) is 116 cm³/mol. The largest absolute Gasteiger partial charge is 0.456 e. The van der Waals surface area contributed by atoms with Gasteiger partial charge >= 0.3 is 0 Å². The van der Waals surface area contributed by atoms with Crippen LogP contribution in [0.15, 0.2) is 91.8 Å². The third-order valence-electron chi connectivity index (χ3n) is 4.38. The molecule has 0 bridgehead atoms. The Morgan fingerprint density at radius 3 is 2.46 bits per heavy atom. The molecule has 0 radical (unpaired) electrons. The molecule has 2 aromatic heterocycles. The second-order valence-electron chi connectivity index (χ2n) is 6.25. The molecule has 0 spiro atoms. The van der Waals surface area contributed by atoms with Crippen LogP contribution in [0.5, 0.6) is 0 Å². The summed E-state index contributed by atoms with van der Waals surface area (Å²) < 4.78 is 6.80. The van der Waals surface area contributed by atoms with E-state index in [0.29, 0.717) is 21.9 Å². The first-order chi connectivity index (χ1) is 13.7. The average molecular weight is 403 g/mol. The zero-order valence-electron chi connectivity index (χ0n) is 14.6. The molecule has 2 heterocycles. The molecule has 28 heavy (non-hydrogen) atoms. The van der Waals surface area contributed by atoms with E-state index in [1.54, 1.807) is 17.8 Å². The van der Waals surface area contributed by atoms with Crippen molar-refractivity contribution in [3.8, 4) is 11.3 Å². The van der Waals surface area contributed by atoms with Crippen molar-refractivity contribution < 1.29 is 4.42 Å². The van der Waals surface area contributed by atoms with E-state index >= 15 is 0 Å². The van der Waals surface area contributed by atoms with Crippen LogP contribution < -0.4 is 11.2 Å². The van der Waals surface area contributed by atoms with Crippen LogP contribution in [0.4, 0.5) is 5.13 Å². The number of thiazole rings is 1. The van der Waals surface area contributed by atoms with Crippen molar-refractivity contribution in [2.75, 3.05) is 5.73 Å². The number of benzene rings is 3. The lowest BCUT2D eigenvalue weighted by Gasteiger charge is -2.05. The minimum Gasteiger partial charge on any atom is -0.456 e. The molecule has 5 aromatic rings. The van der Waals surface area contributed by atoms with Crippen molar-refractivity contribution in [1.29, 1.82) is 0 Å². The quantitative estimate of drug-likeness (QED) is 0.413. The van der Waals surface area contributed by atoms with E-state index in [0.717, 1.165) is 20.7 Å². The number of aromatic nitrogens is 1. The Kier molecular flexibility index (Phi) is 4.15. The van der Waals surface area contributed by atoms with Gasteiger partial charge in [0.05, 0.1) is 15.6 Å². The average Bonchev–Trinajstić information content (AvgIpc) is 3.09. The van der Waals surface area contributed by atoms with Gasteiger partial charge < -0.3 is 10.2 Å². The van der Waals surface area contributed by atoms with Crippen LogP contribution in [0, 0.1) is 0 Å². The number of nitrogens with zero attached hydrogens (tertiary/aromatic N) is 1. The highest BCUT2D eigenvalue weighted by atomic mass is 32.2. The first-order valence-electron chi connectivity index (χ1n) is 8.63. The Hall–Kier alpha value is -3.09. The van der Waals surface area contributed by atoms with Crippen molar-refractivity contribution in [3.05, 3.63) is 83.0 Å². The Morgan fingerprint density at radius 2 is 1.68 bits per heavy atom. The van der Waals surface area contributed by atoms with E-state index in [1.807, 2.05) is 48.5 Å². The van der Waals surface area contributed by atoms with Gasteiger partial charge in [0.15, 0.2) is 10.6 Å². The first kappa shape index (κ1) is 17.0.